The molecule has 0 aromatic carbocycles. The first kappa shape index (κ1) is 14.0. The van der Waals surface area contributed by atoms with E-state index in [1.165, 1.54) is 0 Å². The van der Waals surface area contributed by atoms with E-state index in [1.54, 1.807) is 18.3 Å². The van der Waals surface area contributed by atoms with Crippen molar-refractivity contribution in [2.75, 3.05) is 18.4 Å². The quantitative estimate of drug-likeness (QED) is 0.734. The third-order valence-electron chi connectivity index (χ3n) is 2.66. The highest BCUT2D eigenvalue weighted by Crippen LogP contribution is 2.02. The van der Waals surface area contributed by atoms with Gasteiger partial charge in [-0.25, -0.2) is 0 Å². The lowest BCUT2D eigenvalue weighted by Crippen LogP contribution is -2.24. The molecule has 2 heterocycles. The van der Waals surface area contributed by atoms with Gasteiger partial charge >= 0.3 is 0 Å². The maximum absolute atomic E-state index is 11.5. The molecule has 2 rings (SSSR count). The van der Waals surface area contributed by atoms with Gasteiger partial charge < -0.3 is 10.6 Å². The summed E-state index contributed by atoms with van der Waals surface area (Å²) in [6.45, 7) is 4.06. The lowest BCUT2D eigenvalue weighted by Gasteiger charge is -2.06. The Hall–Kier alpha value is -2.44. The zero-order valence-electron chi connectivity index (χ0n) is 11.4. The van der Waals surface area contributed by atoms with Gasteiger partial charge in [0.05, 0.1) is 0 Å². The van der Waals surface area contributed by atoms with Gasteiger partial charge in [-0.3, -0.25) is 9.48 Å². The molecule has 0 spiro atoms. The number of amides is 1. The summed E-state index contributed by atoms with van der Waals surface area (Å²) < 4.78 is 1.88. The molecule has 0 saturated carbocycles. The van der Waals surface area contributed by atoms with E-state index >= 15 is 0 Å². The van der Waals surface area contributed by atoms with Gasteiger partial charge in [0.1, 0.15) is 5.82 Å². The number of anilines is 1. The second-order valence-corrected chi connectivity index (χ2v) is 4.21. The minimum atomic E-state index is -0.203. The van der Waals surface area contributed by atoms with Crippen LogP contribution in [0.4, 0.5) is 5.82 Å². The first-order chi connectivity index (χ1) is 9.79. The normalized spacial score (nSPS) is 10.2. The molecule has 20 heavy (non-hydrogen) atoms. The molecule has 0 fully saturated rings. The van der Waals surface area contributed by atoms with E-state index < -0.39 is 0 Å². The first-order valence-corrected chi connectivity index (χ1v) is 6.63. The van der Waals surface area contributed by atoms with Gasteiger partial charge in [-0.1, -0.05) is 0 Å². The number of nitrogens with zero attached hydrogens (tertiary/aromatic N) is 4. The fourth-order valence-corrected chi connectivity index (χ4v) is 1.69. The molecule has 2 aromatic rings. The second-order valence-electron chi connectivity index (χ2n) is 4.21. The van der Waals surface area contributed by atoms with Crippen molar-refractivity contribution in [3.05, 3.63) is 36.3 Å². The number of carbonyl (C=O) groups is 1. The molecule has 0 aliphatic rings. The van der Waals surface area contributed by atoms with Crippen LogP contribution in [0, 0.1) is 0 Å². The Kier molecular flexibility index (Phi) is 5.05. The van der Waals surface area contributed by atoms with E-state index in [0.29, 0.717) is 18.1 Å². The number of hydrogen-bond acceptors (Lipinski definition) is 5. The van der Waals surface area contributed by atoms with E-state index in [1.807, 2.05) is 23.9 Å². The van der Waals surface area contributed by atoms with E-state index in [2.05, 4.69) is 25.9 Å². The first-order valence-electron chi connectivity index (χ1n) is 6.63. The van der Waals surface area contributed by atoms with Crippen molar-refractivity contribution in [1.82, 2.24) is 25.3 Å². The summed E-state index contributed by atoms with van der Waals surface area (Å²) in [5.74, 6) is 0.462. The Morgan fingerprint density at radius 2 is 2.25 bits per heavy atom. The van der Waals surface area contributed by atoms with Crippen molar-refractivity contribution in [3.8, 4) is 0 Å². The predicted octanol–water partition coefficient (Wildman–Crippen LogP) is 0.925. The zero-order chi connectivity index (χ0) is 14.2. The molecule has 106 valence electrons. The summed E-state index contributed by atoms with van der Waals surface area (Å²) in [6.07, 6.45) is 4.63. The topological polar surface area (TPSA) is 84.7 Å². The largest absolute Gasteiger partial charge is 0.369 e. The van der Waals surface area contributed by atoms with Crippen LogP contribution in [0.3, 0.4) is 0 Å². The smallest absolute Gasteiger partial charge is 0.271 e. The third-order valence-corrected chi connectivity index (χ3v) is 2.66. The summed E-state index contributed by atoms with van der Waals surface area (Å²) in [6, 6.07) is 5.32. The maximum atomic E-state index is 11.5. The Morgan fingerprint density at radius 1 is 1.35 bits per heavy atom. The van der Waals surface area contributed by atoms with Crippen molar-refractivity contribution >= 4 is 11.7 Å². The lowest BCUT2D eigenvalue weighted by molar-refractivity contribution is 0.0950. The van der Waals surface area contributed by atoms with Gasteiger partial charge in [0.15, 0.2) is 5.69 Å². The molecule has 7 heteroatoms. The average Bonchev–Trinajstić information content (AvgIpc) is 2.98. The van der Waals surface area contributed by atoms with Crippen LogP contribution in [0.2, 0.25) is 0 Å². The van der Waals surface area contributed by atoms with Gasteiger partial charge in [-0.2, -0.15) is 5.10 Å². The van der Waals surface area contributed by atoms with Crippen molar-refractivity contribution in [3.63, 3.8) is 0 Å². The Bertz CT molecular complexity index is 522. The molecule has 2 N–H and O–H groups in total. The highest BCUT2D eigenvalue weighted by Gasteiger charge is 2.06. The summed E-state index contributed by atoms with van der Waals surface area (Å²) in [5.41, 5.74) is 0.328. The monoisotopic (exact) mass is 274 g/mol. The molecular weight excluding hydrogens is 256 g/mol. The second kappa shape index (κ2) is 7.22. The Morgan fingerprint density at radius 3 is 2.90 bits per heavy atom. The predicted molar refractivity (Wildman–Crippen MR) is 75.4 cm³/mol. The van der Waals surface area contributed by atoms with E-state index in [0.717, 1.165) is 19.5 Å². The molecule has 2 aromatic heterocycles. The van der Waals surface area contributed by atoms with Gasteiger partial charge in [0.25, 0.3) is 5.91 Å². The summed E-state index contributed by atoms with van der Waals surface area (Å²) >= 11 is 0. The highest BCUT2D eigenvalue weighted by molar-refractivity contribution is 5.92. The fourth-order valence-electron chi connectivity index (χ4n) is 1.69. The maximum Gasteiger partial charge on any atom is 0.271 e. The molecule has 7 nitrogen and oxygen atoms in total. The standard InChI is InChI=1S/C13H18N6O/c1-2-14-13(20)11-5-6-12(18-17-11)15-7-3-9-19-10-4-8-16-19/h4-6,8,10H,2-3,7,9H2,1H3,(H,14,20)(H,15,18). The molecule has 0 aliphatic heterocycles. The van der Waals surface area contributed by atoms with Gasteiger partial charge in [-0.15, -0.1) is 10.2 Å². The minimum absolute atomic E-state index is 0.203. The lowest BCUT2D eigenvalue weighted by atomic mass is 10.3. The van der Waals surface area contributed by atoms with Crippen molar-refractivity contribution < 1.29 is 4.79 Å². The van der Waals surface area contributed by atoms with Crippen LogP contribution in [0.15, 0.2) is 30.6 Å². The van der Waals surface area contributed by atoms with Crippen molar-refractivity contribution in [2.45, 2.75) is 19.9 Å². The molecule has 0 saturated heterocycles. The number of aryl methyl sites for hydroxylation is 1. The molecule has 0 unspecified atom stereocenters. The van der Waals surface area contributed by atoms with Crippen LogP contribution >= 0.6 is 0 Å². The molecular formula is C13H18N6O. The van der Waals surface area contributed by atoms with Crippen LogP contribution in [0.1, 0.15) is 23.8 Å². The third kappa shape index (κ3) is 4.04. The highest BCUT2D eigenvalue weighted by atomic mass is 16.1. The van der Waals surface area contributed by atoms with Crippen molar-refractivity contribution in [1.29, 1.82) is 0 Å². The molecule has 0 aliphatic carbocycles. The minimum Gasteiger partial charge on any atom is -0.369 e. The van der Waals surface area contributed by atoms with E-state index in [9.17, 15) is 4.79 Å². The molecule has 0 radical (unpaired) electrons. The van der Waals surface area contributed by atoms with E-state index in [4.69, 9.17) is 0 Å². The van der Waals surface area contributed by atoms with E-state index in [-0.39, 0.29) is 5.91 Å². The molecule has 0 bridgehead atoms. The summed E-state index contributed by atoms with van der Waals surface area (Å²) in [5, 5.41) is 17.8. The Balaban J connectivity index is 1.74. The summed E-state index contributed by atoms with van der Waals surface area (Å²) in [7, 11) is 0. The number of rotatable bonds is 7. The molecule has 0 atom stereocenters. The number of aromatic nitrogens is 4. The molecule has 1 amide bonds. The Labute approximate surface area is 117 Å². The number of carbonyl (C=O) groups excluding carboxylic acids is 1. The van der Waals surface area contributed by atoms with Crippen molar-refractivity contribution in [2.24, 2.45) is 0 Å². The number of hydrogen-bond donors (Lipinski definition) is 2. The van der Waals surface area contributed by atoms with Crippen LogP contribution in [-0.2, 0) is 6.54 Å². The average molecular weight is 274 g/mol. The van der Waals surface area contributed by atoms with Crippen LogP contribution in [0.25, 0.3) is 0 Å². The van der Waals surface area contributed by atoms with Gasteiger partial charge in [0, 0.05) is 32.0 Å². The van der Waals surface area contributed by atoms with Gasteiger partial charge in [-0.05, 0) is 31.5 Å². The summed E-state index contributed by atoms with van der Waals surface area (Å²) in [4.78, 5) is 11.5. The zero-order valence-corrected chi connectivity index (χ0v) is 11.4. The van der Waals surface area contributed by atoms with Gasteiger partial charge in [0.2, 0.25) is 0 Å². The van der Waals surface area contributed by atoms with Crippen LogP contribution in [-0.4, -0.2) is 39.0 Å². The number of nitrogens with one attached hydrogen (secondary N) is 2. The SMILES string of the molecule is CCNC(=O)c1ccc(NCCCn2cccn2)nn1. The van der Waals surface area contributed by atoms with Crippen LogP contribution in [0.5, 0.6) is 0 Å². The van der Waals surface area contributed by atoms with Crippen LogP contribution < -0.4 is 10.6 Å². The fraction of sp³-hybridized carbons (Fsp3) is 0.385.